The Morgan fingerprint density at radius 1 is 1.03 bits per heavy atom. The highest BCUT2D eigenvalue weighted by Gasteiger charge is 2.19. The number of anilines is 3. The maximum Gasteiger partial charge on any atom is 0.234 e. The van der Waals surface area contributed by atoms with Crippen LogP contribution < -0.4 is 15.1 Å². The van der Waals surface area contributed by atoms with Crippen molar-refractivity contribution in [3.05, 3.63) is 71.8 Å². The first-order valence-electron chi connectivity index (χ1n) is 9.83. The lowest BCUT2D eigenvalue weighted by atomic mass is 10.2. The average molecular weight is 458 g/mol. The fraction of sp³-hybridized carbons (Fsp3) is 0.227. The highest BCUT2D eigenvalue weighted by Crippen LogP contribution is 2.23. The van der Waals surface area contributed by atoms with Gasteiger partial charge in [0.25, 0.3) is 0 Å². The summed E-state index contributed by atoms with van der Waals surface area (Å²) in [6.45, 7) is 3.56. The zero-order valence-corrected chi connectivity index (χ0v) is 18.2. The number of piperazine rings is 1. The van der Waals surface area contributed by atoms with Crippen molar-refractivity contribution in [2.24, 2.45) is 0 Å². The molecular formula is C22H21ClFN5OS. The van der Waals surface area contributed by atoms with Gasteiger partial charge in [-0.25, -0.2) is 14.4 Å². The molecule has 0 spiro atoms. The number of nitrogens with zero attached hydrogens (tertiary/aromatic N) is 4. The smallest absolute Gasteiger partial charge is 0.234 e. The first kappa shape index (κ1) is 21.4. The van der Waals surface area contributed by atoms with E-state index in [1.807, 2.05) is 12.1 Å². The summed E-state index contributed by atoms with van der Waals surface area (Å²) in [6, 6.07) is 16.4. The highest BCUT2D eigenvalue weighted by atomic mass is 35.5. The molecule has 0 radical (unpaired) electrons. The molecule has 1 saturated heterocycles. The second kappa shape index (κ2) is 9.98. The lowest BCUT2D eigenvalue weighted by Crippen LogP contribution is -2.46. The highest BCUT2D eigenvalue weighted by molar-refractivity contribution is 7.99. The Morgan fingerprint density at radius 2 is 1.77 bits per heavy atom. The summed E-state index contributed by atoms with van der Waals surface area (Å²) in [5.74, 6) is 0.292. The Labute approximate surface area is 189 Å². The standard InChI is InChI=1S/C22H21ClFN5OS/c23-18-12-16(6-7-19(18)24)27-21(30)14-31-22-13-20(25-15-26-22)29-10-8-28(9-11-29)17-4-2-1-3-5-17/h1-7,12-13,15H,8-11,14H2,(H,27,30). The van der Waals surface area contributed by atoms with Gasteiger partial charge in [-0.3, -0.25) is 4.79 Å². The maximum absolute atomic E-state index is 13.2. The zero-order chi connectivity index (χ0) is 21.6. The molecule has 1 N–H and O–H groups in total. The van der Waals surface area contributed by atoms with Crippen molar-refractivity contribution in [1.82, 2.24) is 9.97 Å². The van der Waals surface area contributed by atoms with Gasteiger partial charge in [-0.2, -0.15) is 0 Å². The number of amides is 1. The maximum atomic E-state index is 13.2. The number of para-hydroxylation sites is 1. The average Bonchev–Trinajstić information content (AvgIpc) is 2.81. The molecule has 6 nitrogen and oxygen atoms in total. The summed E-state index contributed by atoms with van der Waals surface area (Å²) < 4.78 is 13.2. The van der Waals surface area contributed by atoms with Gasteiger partial charge in [-0.15, -0.1) is 0 Å². The van der Waals surface area contributed by atoms with Crippen molar-refractivity contribution in [2.45, 2.75) is 5.03 Å². The van der Waals surface area contributed by atoms with Crippen LogP contribution in [0.15, 0.2) is 66.0 Å². The molecule has 0 aliphatic carbocycles. The normalized spacial score (nSPS) is 13.9. The second-order valence-electron chi connectivity index (χ2n) is 6.99. The van der Waals surface area contributed by atoms with E-state index in [4.69, 9.17) is 11.6 Å². The van der Waals surface area contributed by atoms with Crippen LogP contribution in [-0.4, -0.2) is 47.8 Å². The molecule has 0 atom stereocenters. The topological polar surface area (TPSA) is 61.4 Å². The lowest BCUT2D eigenvalue weighted by molar-refractivity contribution is -0.113. The fourth-order valence-electron chi connectivity index (χ4n) is 3.32. The molecule has 1 amide bonds. The van der Waals surface area contributed by atoms with Crippen LogP contribution in [-0.2, 0) is 4.79 Å². The zero-order valence-electron chi connectivity index (χ0n) is 16.7. The number of benzene rings is 2. The van der Waals surface area contributed by atoms with E-state index in [0.717, 1.165) is 37.0 Å². The Balaban J connectivity index is 1.30. The predicted octanol–water partition coefficient (Wildman–Crippen LogP) is 4.33. The van der Waals surface area contributed by atoms with Crippen molar-refractivity contribution < 1.29 is 9.18 Å². The third kappa shape index (κ3) is 5.65. The van der Waals surface area contributed by atoms with Gasteiger partial charge in [0.05, 0.1) is 10.8 Å². The van der Waals surface area contributed by atoms with Crippen molar-refractivity contribution in [1.29, 1.82) is 0 Å². The molecule has 1 aliphatic heterocycles. The second-order valence-corrected chi connectivity index (χ2v) is 8.39. The van der Waals surface area contributed by atoms with Crippen molar-refractivity contribution in [3.63, 3.8) is 0 Å². The first-order valence-corrected chi connectivity index (χ1v) is 11.2. The van der Waals surface area contributed by atoms with Gasteiger partial charge < -0.3 is 15.1 Å². The number of hydrogen-bond acceptors (Lipinski definition) is 6. The summed E-state index contributed by atoms with van der Waals surface area (Å²) in [5, 5.41) is 3.40. The largest absolute Gasteiger partial charge is 0.368 e. The SMILES string of the molecule is O=C(CSc1cc(N2CCN(c3ccccc3)CC2)ncn1)Nc1ccc(F)c(Cl)c1. The van der Waals surface area contributed by atoms with E-state index >= 15 is 0 Å². The molecule has 1 fully saturated rings. The molecule has 1 aliphatic rings. The summed E-state index contributed by atoms with van der Waals surface area (Å²) in [4.78, 5) is 25.5. The van der Waals surface area contributed by atoms with Gasteiger partial charge in [-0.05, 0) is 30.3 Å². The summed E-state index contributed by atoms with van der Waals surface area (Å²) in [6.07, 6.45) is 1.53. The first-order chi connectivity index (χ1) is 15.1. The van der Waals surface area contributed by atoms with Crippen LogP contribution in [0.2, 0.25) is 5.02 Å². The molecule has 0 saturated carbocycles. The van der Waals surface area contributed by atoms with Crippen molar-refractivity contribution in [2.75, 3.05) is 47.0 Å². The van der Waals surface area contributed by atoms with Crippen LogP contribution in [0.5, 0.6) is 0 Å². The minimum Gasteiger partial charge on any atom is -0.368 e. The van der Waals surface area contributed by atoms with Crippen molar-refractivity contribution in [3.8, 4) is 0 Å². The number of carbonyl (C=O) groups excluding carboxylic acids is 1. The number of hydrogen-bond donors (Lipinski definition) is 1. The number of rotatable bonds is 6. The van der Waals surface area contributed by atoms with Crippen LogP contribution in [0.3, 0.4) is 0 Å². The minimum atomic E-state index is -0.521. The number of aromatic nitrogens is 2. The van der Waals surface area contributed by atoms with Crippen LogP contribution in [0.4, 0.5) is 21.6 Å². The van der Waals surface area contributed by atoms with Gasteiger partial charge in [0.2, 0.25) is 5.91 Å². The summed E-state index contributed by atoms with van der Waals surface area (Å²) in [7, 11) is 0. The van der Waals surface area contributed by atoms with Gasteiger partial charge in [0.1, 0.15) is 23.0 Å². The molecular weight excluding hydrogens is 437 g/mol. The molecule has 0 bridgehead atoms. The Kier molecular flexibility index (Phi) is 6.89. The van der Waals surface area contributed by atoms with Gasteiger partial charge >= 0.3 is 0 Å². The van der Waals surface area contributed by atoms with Gasteiger partial charge in [-0.1, -0.05) is 41.6 Å². The summed E-state index contributed by atoms with van der Waals surface area (Å²) >= 11 is 7.07. The van der Waals surface area contributed by atoms with Crippen LogP contribution in [0.25, 0.3) is 0 Å². The predicted molar refractivity (Wildman–Crippen MR) is 124 cm³/mol. The minimum absolute atomic E-state index is 0.0294. The molecule has 9 heteroatoms. The van der Waals surface area contributed by atoms with Gasteiger partial charge in [0.15, 0.2) is 0 Å². The van der Waals surface area contributed by atoms with E-state index in [0.29, 0.717) is 5.69 Å². The number of nitrogens with one attached hydrogen (secondary N) is 1. The monoisotopic (exact) mass is 457 g/mol. The Morgan fingerprint density at radius 3 is 2.52 bits per heavy atom. The Bertz CT molecular complexity index is 1050. The lowest BCUT2D eigenvalue weighted by Gasteiger charge is -2.36. The van der Waals surface area contributed by atoms with Crippen LogP contribution in [0.1, 0.15) is 0 Å². The van der Waals surface area contributed by atoms with E-state index in [9.17, 15) is 9.18 Å². The van der Waals surface area contributed by atoms with E-state index in [-0.39, 0.29) is 16.7 Å². The van der Waals surface area contributed by atoms with Gasteiger partial charge in [0, 0.05) is 43.6 Å². The van der Waals surface area contributed by atoms with Crippen molar-refractivity contribution >= 4 is 46.5 Å². The number of carbonyl (C=O) groups is 1. The fourth-order valence-corrected chi connectivity index (χ4v) is 4.17. The van der Waals surface area contributed by atoms with E-state index < -0.39 is 5.82 Å². The molecule has 160 valence electrons. The molecule has 2 heterocycles. The molecule has 0 unspecified atom stereocenters. The number of thioether (sulfide) groups is 1. The number of halogens is 2. The van der Waals surface area contributed by atoms with Crippen LogP contribution in [0, 0.1) is 5.82 Å². The van der Waals surface area contributed by atoms with Crippen LogP contribution >= 0.6 is 23.4 Å². The third-order valence-electron chi connectivity index (χ3n) is 4.91. The summed E-state index contributed by atoms with van der Waals surface area (Å²) in [5.41, 5.74) is 1.69. The molecule has 31 heavy (non-hydrogen) atoms. The van der Waals surface area contributed by atoms with E-state index in [1.165, 1.54) is 42.0 Å². The van der Waals surface area contributed by atoms with E-state index in [2.05, 4.69) is 49.4 Å². The molecule has 3 aromatic rings. The Hall–Kier alpha value is -2.84. The third-order valence-corrected chi connectivity index (χ3v) is 6.12. The molecule has 4 rings (SSSR count). The quantitative estimate of drug-likeness (QED) is 0.439. The molecule has 1 aromatic heterocycles. The molecule has 2 aromatic carbocycles. The van der Waals surface area contributed by atoms with E-state index in [1.54, 1.807) is 0 Å².